The van der Waals surface area contributed by atoms with E-state index in [0.29, 0.717) is 0 Å². The topological polar surface area (TPSA) is 134 Å². The number of hydrogen-bond donors (Lipinski definition) is 4. The first-order chi connectivity index (χ1) is 10.4. The predicted molar refractivity (Wildman–Crippen MR) is 80.1 cm³/mol. The molecule has 0 aliphatic rings. The molecule has 1 rings (SSSR count). The smallest absolute Gasteiger partial charge is 0.407 e. The first-order valence-corrected chi connectivity index (χ1v) is 7.03. The number of carboxylic acid groups (broad SMARTS) is 1. The Bertz CT molecular complexity index is 590. The fraction of sp³-hybridized carbons (Fsp3) is 0.643. The van der Waals surface area contributed by atoms with Gasteiger partial charge in [0.25, 0.3) is 0 Å². The standard InChI is InChI=1S/C14H23N3O6/c1-7-9(10(12(20)21)17(5)16-7)11(19)8(18)6-15-13(22)23-14(2,3)4/h8,11,18-19H,6H2,1-5H3,(H,15,22)(H,20,21). The lowest BCUT2D eigenvalue weighted by Gasteiger charge is -2.22. The fourth-order valence-electron chi connectivity index (χ4n) is 2.09. The Hall–Kier alpha value is -2.13. The van der Waals surface area contributed by atoms with Gasteiger partial charge in [0.2, 0.25) is 0 Å². The second-order valence-corrected chi connectivity index (χ2v) is 6.17. The van der Waals surface area contributed by atoms with Crippen LogP contribution < -0.4 is 5.32 Å². The minimum atomic E-state index is -1.51. The molecule has 0 bridgehead atoms. The number of carboxylic acids is 1. The molecule has 1 amide bonds. The average Bonchev–Trinajstić information content (AvgIpc) is 2.67. The molecule has 9 nitrogen and oxygen atoms in total. The predicted octanol–water partition coefficient (Wildman–Crippen LogP) is 0.346. The number of hydrogen-bond acceptors (Lipinski definition) is 6. The number of rotatable bonds is 5. The highest BCUT2D eigenvalue weighted by atomic mass is 16.6. The summed E-state index contributed by atoms with van der Waals surface area (Å²) in [4.78, 5) is 22.8. The van der Waals surface area contributed by atoms with Crippen molar-refractivity contribution in [1.82, 2.24) is 15.1 Å². The van der Waals surface area contributed by atoms with Crippen LogP contribution in [0, 0.1) is 6.92 Å². The van der Waals surface area contributed by atoms with Gasteiger partial charge in [0, 0.05) is 19.2 Å². The van der Waals surface area contributed by atoms with Gasteiger partial charge in [-0.3, -0.25) is 4.68 Å². The second kappa shape index (κ2) is 6.97. The van der Waals surface area contributed by atoms with Gasteiger partial charge in [-0.2, -0.15) is 5.10 Å². The first-order valence-electron chi connectivity index (χ1n) is 7.03. The van der Waals surface area contributed by atoms with Crippen molar-refractivity contribution in [3.8, 4) is 0 Å². The number of nitrogens with one attached hydrogen (secondary N) is 1. The maximum Gasteiger partial charge on any atom is 0.407 e. The molecule has 2 atom stereocenters. The number of amides is 1. The van der Waals surface area contributed by atoms with Crippen molar-refractivity contribution in [3.05, 3.63) is 17.0 Å². The first kappa shape index (κ1) is 18.9. The van der Waals surface area contributed by atoms with Crippen molar-refractivity contribution in [3.63, 3.8) is 0 Å². The van der Waals surface area contributed by atoms with E-state index < -0.39 is 29.9 Å². The Morgan fingerprint density at radius 2 is 1.91 bits per heavy atom. The van der Waals surface area contributed by atoms with Crippen LogP contribution in [0.15, 0.2) is 0 Å². The average molecular weight is 329 g/mol. The maximum absolute atomic E-state index is 11.5. The number of aryl methyl sites for hydroxylation is 2. The Kier molecular flexibility index (Phi) is 5.73. The maximum atomic E-state index is 11.5. The Balaban J connectivity index is 2.80. The van der Waals surface area contributed by atoms with Crippen LogP contribution in [0.4, 0.5) is 4.79 Å². The number of ether oxygens (including phenoxy) is 1. The molecule has 9 heteroatoms. The molecule has 0 aliphatic heterocycles. The van der Waals surface area contributed by atoms with E-state index in [1.165, 1.54) is 14.0 Å². The highest BCUT2D eigenvalue weighted by Gasteiger charge is 2.30. The summed E-state index contributed by atoms with van der Waals surface area (Å²) in [6.45, 7) is 6.30. The summed E-state index contributed by atoms with van der Waals surface area (Å²) in [6, 6.07) is 0. The van der Waals surface area contributed by atoms with E-state index in [2.05, 4.69) is 10.4 Å². The largest absolute Gasteiger partial charge is 0.477 e. The van der Waals surface area contributed by atoms with Gasteiger partial charge in [0.1, 0.15) is 17.8 Å². The Morgan fingerprint density at radius 3 is 2.39 bits per heavy atom. The molecule has 0 aliphatic carbocycles. The van der Waals surface area contributed by atoms with Crippen LogP contribution in [0.25, 0.3) is 0 Å². The lowest BCUT2D eigenvalue weighted by atomic mass is 10.0. The van der Waals surface area contributed by atoms with Gasteiger partial charge < -0.3 is 25.4 Å². The minimum Gasteiger partial charge on any atom is -0.477 e. The SMILES string of the molecule is Cc1nn(C)c(C(=O)O)c1C(O)C(O)CNC(=O)OC(C)(C)C. The van der Waals surface area contributed by atoms with E-state index in [9.17, 15) is 24.9 Å². The summed E-state index contributed by atoms with van der Waals surface area (Å²) in [6.07, 6.45) is -3.67. The van der Waals surface area contributed by atoms with Gasteiger partial charge in [-0.25, -0.2) is 9.59 Å². The van der Waals surface area contributed by atoms with Crippen molar-refractivity contribution in [2.45, 2.75) is 45.5 Å². The zero-order valence-corrected chi connectivity index (χ0v) is 13.8. The third kappa shape index (κ3) is 4.93. The lowest BCUT2D eigenvalue weighted by molar-refractivity contribution is 0.0117. The Morgan fingerprint density at radius 1 is 1.35 bits per heavy atom. The van der Waals surface area contributed by atoms with Gasteiger partial charge >= 0.3 is 12.1 Å². The molecule has 23 heavy (non-hydrogen) atoms. The fourth-order valence-corrected chi connectivity index (χ4v) is 2.09. The lowest BCUT2D eigenvalue weighted by Crippen LogP contribution is -2.39. The summed E-state index contributed by atoms with van der Waals surface area (Å²) in [5, 5.41) is 35.7. The summed E-state index contributed by atoms with van der Waals surface area (Å²) >= 11 is 0. The summed E-state index contributed by atoms with van der Waals surface area (Å²) in [7, 11) is 1.43. The van der Waals surface area contributed by atoms with E-state index in [-0.39, 0.29) is 23.5 Å². The van der Waals surface area contributed by atoms with Crippen LogP contribution in [-0.4, -0.2) is 55.4 Å². The summed E-state index contributed by atoms with van der Waals surface area (Å²) in [5.74, 6) is -1.27. The number of nitrogens with zero attached hydrogens (tertiary/aromatic N) is 2. The molecular weight excluding hydrogens is 306 g/mol. The van der Waals surface area contributed by atoms with Crippen LogP contribution in [0.3, 0.4) is 0 Å². The van der Waals surface area contributed by atoms with Crippen LogP contribution in [0.2, 0.25) is 0 Å². The minimum absolute atomic E-state index is 0.0125. The van der Waals surface area contributed by atoms with E-state index in [1.54, 1.807) is 20.8 Å². The highest BCUT2D eigenvalue weighted by molar-refractivity contribution is 5.88. The summed E-state index contributed by atoms with van der Waals surface area (Å²) < 4.78 is 6.13. The van der Waals surface area contributed by atoms with Crippen molar-refractivity contribution < 1.29 is 29.6 Å². The monoisotopic (exact) mass is 329 g/mol. The molecule has 130 valence electrons. The van der Waals surface area contributed by atoms with E-state index in [1.807, 2.05) is 0 Å². The van der Waals surface area contributed by atoms with Gasteiger partial charge in [-0.05, 0) is 27.7 Å². The molecular formula is C14H23N3O6. The molecule has 2 unspecified atom stereocenters. The van der Waals surface area contributed by atoms with Crippen LogP contribution in [-0.2, 0) is 11.8 Å². The van der Waals surface area contributed by atoms with E-state index in [4.69, 9.17) is 4.74 Å². The number of aromatic nitrogens is 2. The molecule has 0 saturated carbocycles. The zero-order valence-electron chi connectivity index (χ0n) is 13.8. The molecule has 4 N–H and O–H groups in total. The molecule has 0 aromatic carbocycles. The molecule has 0 spiro atoms. The second-order valence-electron chi connectivity index (χ2n) is 6.17. The van der Waals surface area contributed by atoms with Gasteiger partial charge in [0.05, 0.1) is 5.69 Å². The Labute approximate surface area is 133 Å². The van der Waals surface area contributed by atoms with Crippen molar-refractivity contribution in [1.29, 1.82) is 0 Å². The number of aliphatic hydroxyl groups excluding tert-OH is 2. The number of aromatic carboxylic acids is 1. The number of carbonyl (C=O) groups is 2. The van der Waals surface area contributed by atoms with Crippen molar-refractivity contribution in [2.75, 3.05) is 6.54 Å². The third-order valence-corrected chi connectivity index (χ3v) is 2.99. The van der Waals surface area contributed by atoms with Crippen molar-refractivity contribution >= 4 is 12.1 Å². The molecule has 0 saturated heterocycles. The molecule has 1 heterocycles. The van der Waals surface area contributed by atoms with Gasteiger partial charge in [0.15, 0.2) is 5.69 Å². The van der Waals surface area contributed by atoms with Gasteiger partial charge in [-0.15, -0.1) is 0 Å². The number of aliphatic hydroxyl groups is 2. The van der Waals surface area contributed by atoms with Gasteiger partial charge in [-0.1, -0.05) is 0 Å². The molecule has 1 aromatic rings. The number of carbonyl (C=O) groups excluding carboxylic acids is 1. The van der Waals surface area contributed by atoms with Crippen LogP contribution in [0.5, 0.6) is 0 Å². The molecule has 0 radical (unpaired) electrons. The van der Waals surface area contributed by atoms with Crippen LogP contribution >= 0.6 is 0 Å². The third-order valence-electron chi connectivity index (χ3n) is 2.99. The highest BCUT2D eigenvalue weighted by Crippen LogP contribution is 2.24. The van der Waals surface area contributed by atoms with E-state index >= 15 is 0 Å². The van der Waals surface area contributed by atoms with Crippen LogP contribution in [0.1, 0.15) is 48.6 Å². The summed E-state index contributed by atoms with van der Waals surface area (Å²) in [5.41, 5.74) is -0.608. The number of alkyl carbamates (subject to hydrolysis) is 1. The van der Waals surface area contributed by atoms with Crippen molar-refractivity contribution in [2.24, 2.45) is 7.05 Å². The molecule has 0 fully saturated rings. The zero-order chi connectivity index (χ0) is 17.9. The normalized spacial score (nSPS) is 14.2. The molecule has 1 aromatic heterocycles. The quantitative estimate of drug-likeness (QED) is 0.612. The van der Waals surface area contributed by atoms with E-state index in [0.717, 1.165) is 4.68 Å².